The molecule has 1 saturated heterocycles. The minimum absolute atomic E-state index is 0.00493. The maximum absolute atomic E-state index is 13.1. The van der Waals surface area contributed by atoms with Crippen LogP contribution in [0.5, 0.6) is 0 Å². The zero-order valence-corrected chi connectivity index (χ0v) is 11.5. The summed E-state index contributed by atoms with van der Waals surface area (Å²) in [5.74, 6) is -0.219. The second-order valence-electron chi connectivity index (χ2n) is 5.66. The Kier molecular flexibility index (Phi) is 4.06. The van der Waals surface area contributed by atoms with Gasteiger partial charge < -0.3 is 10.2 Å². The van der Waals surface area contributed by atoms with Crippen molar-refractivity contribution >= 4 is 5.69 Å². The summed E-state index contributed by atoms with van der Waals surface area (Å²) in [7, 11) is 0. The topological polar surface area (TPSA) is 39.1 Å². The van der Waals surface area contributed by atoms with Crippen molar-refractivity contribution in [2.45, 2.75) is 38.3 Å². The fourth-order valence-electron chi connectivity index (χ4n) is 2.57. The van der Waals surface area contributed by atoms with Gasteiger partial charge in [-0.1, -0.05) is 0 Å². The van der Waals surface area contributed by atoms with Crippen LogP contribution in [-0.4, -0.2) is 24.7 Å². The van der Waals surface area contributed by atoms with Gasteiger partial charge >= 0.3 is 0 Å². The average molecular weight is 261 g/mol. The molecule has 0 spiro atoms. The third-order valence-electron chi connectivity index (χ3n) is 3.78. The van der Waals surface area contributed by atoms with E-state index < -0.39 is 0 Å². The molecular formula is C15H20FN3. The Morgan fingerprint density at radius 3 is 2.74 bits per heavy atom. The molecule has 1 N–H and O–H groups in total. The monoisotopic (exact) mass is 261 g/mol. The van der Waals surface area contributed by atoms with Crippen LogP contribution in [0.25, 0.3) is 0 Å². The summed E-state index contributed by atoms with van der Waals surface area (Å²) in [4.78, 5) is 2.27. The number of hydrogen-bond acceptors (Lipinski definition) is 3. The van der Waals surface area contributed by atoms with E-state index in [-0.39, 0.29) is 17.4 Å². The second kappa shape index (κ2) is 5.58. The number of nitriles is 1. The summed E-state index contributed by atoms with van der Waals surface area (Å²) in [6.45, 7) is 6.04. The average Bonchev–Trinajstić information content (AvgIpc) is 2.50. The van der Waals surface area contributed by atoms with Gasteiger partial charge in [0.2, 0.25) is 0 Å². The van der Waals surface area contributed by atoms with E-state index in [2.05, 4.69) is 30.1 Å². The summed E-state index contributed by atoms with van der Waals surface area (Å²) in [6, 6.07) is 8.99. The number of halogens is 1. The van der Waals surface area contributed by atoms with Crippen molar-refractivity contribution in [3.05, 3.63) is 30.1 Å². The molecule has 1 aromatic rings. The van der Waals surface area contributed by atoms with Gasteiger partial charge in [-0.3, -0.25) is 0 Å². The molecule has 1 aromatic carbocycles. The number of hydrogen-bond donors (Lipinski definition) is 1. The first-order chi connectivity index (χ1) is 9.03. The van der Waals surface area contributed by atoms with Gasteiger partial charge in [0.15, 0.2) is 0 Å². The molecule has 1 aliphatic rings. The normalized spacial score (nSPS) is 22.6. The highest BCUT2D eigenvalue weighted by molar-refractivity contribution is 5.49. The first-order valence-electron chi connectivity index (χ1n) is 6.66. The van der Waals surface area contributed by atoms with Gasteiger partial charge in [0.1, 0.15) is 5.82 Å². The SMILES string of the molecule is CC1(C)CCNC(CC#N)CN1c1ccc(F)cc1. The molecule has 2 rings (SSSR count). The van der Waals surface area contributed by atoms with Crippen LogP contribution >= 0.6 is 0 Å². The first-order valence-corrected chi connectivity index (χ1v) is 6.66. The maximum Gasteiger partial charge on any atom is 0.123 e. The molecule has 1 heterocycles. The Bertz CT molecular complexity index is 461. The second-order valence-corrected chi connectivity index (χ2v) is 5.66. The standard InChI is InChI=1S/C15H20FN3/c1-15(2)8-10-18-13(7-9-17)11-19(15)14-5-3-12(16)4-6-14/h3-6,13,18H,7-8,10-11H2,1-2H3. The molecule has 1 unspecified atom stereocenters. The van der Waals surface area contributed by atoms with Crippen LogP contribution in [0.3, 0.4) is 0 Å². The van der Waals surface area contributed by atoms with E-state index in [0.717, 1.165) is 25.2 Å². The number of rotatable bonds is 2. The van der Waals surface area contributed by atoms with Gasteiger partial charge in [0.25, 0.3) is 0 Å². The zero-order chi connectivity index (χ0) is 13.9. The predicted molar refractivity (Wildman–Crippen MR) is 74.5 cm³/mol. The number of nitrogens with one attached hydrogen (secondary N) is 1. The van der Waals surface area contributed by atoms with Crippen molar-refractivity contribution < 1.29 is 4.39 Å². The predicted octanol–water partition coefficient (Wildman–Crippen LogP) is 2.69. The van der Waals surface area contributed by atoms with Crippen molar-refractivity contribution in [2.75, 3.05) is 18.0 Å². The smallest absolute Gasteiger partial charge is 0.123 e. The van der Waals surface area contributed by atoms with Crippen molar-refractivity contribution in [1.29, 1.82) is 5.26 Å². The highest BCUT2D eigenvalue weighted by atomic mass is 19.1. The first kappa shape index (κ1) is 13.8. The summed E-state index contributed by atoms with van der Waals surface area (Å²) < 4.78 is 13.1. The van der Waals surface area contributed by atoms with E-state index in [0.29, 0.717) is 6.42 Å². The van der Waals surface area contributed by atoms with E-state index in [9.17, 15) is 4.39 Å². The lowest BCUT2D eigenvalue weighted by atomic mass is 9.97. The molecule has 1 fully saturated rings. The molecule has 102 valence electrons. The lowest BCUT2D eigenvalue weighted by molar-refractivity contribution is 0.452. The van der Waals surface area contributed by atoms with Gasteiger partial charge in [0, 0.05) is 23.8 Å². The van der Waals surface area contributed by atoms with E-state index in [1.165, 1.54) is 12.1 Å². The molecule has 0 aromatic heterocycles. The van der Waals surface area contributed by atoms with Crippen LogP contribution in [-0.2, 0) is 0 Å². The van der Waals surface area contributed by atoms with Crippen molar-refractivity contribution in [3.63, 3.8) is 0 Å². The highest BCUT2D eigenvalue weighted by Gasteiger charge is 2.31. The van der Waals surface area contributed by atoms with E-state index >= 15 is 0 Å². The van der Waals surface area contributed by atoms with Gasteiger partial charge in [-0.25, -0.2) is 4.39 Å². The lowest BCUT2D eigenvalue weighted by Crippen LogP contribution is -2.46. The minimum atomic E-state index is -0.219. The summed E-state index contributed by atoms with van der Waals surface area (Å²) in [5.41, 5.74) is 1.01. The van der Waals surface area contributed by atoms with Crippen molar-refractivity contribution in [3.8, 4) is 6.07 Å². The van der Waals surface area contributed by atoms with E-state index in [1.54, 1.807) is 0 Å². The molecule has 1 aliphatic heterocycles. The van der Waals surface area contributed by atoms with Gasteiger partial charge in [-0.15, -0.1) is 0 Å². The summed E-state index contributed by atoms with van der Waals surface area (Å²) in [5, 5.41) is 12.3. The molecule has 0 radical (unpaired) electrons. The van der Waals surface area contributed by atoms with Crippen LogP contribution in [0.2, 0.25) is 0 Å². The lowest BCUT2D eigenvalue weighted by Gasteiger charge is -2.39. The Balaban J connectivity index is 2.26. The fraction of sp³-hybridized carbons (Fsp3) is 0.533. The third kappa shape index (κ3) is 3.24. The van der Waals surface area contributed by atoms with Crippen molar-refractivity contribution in [1.82, 2.24) is 5.32 Å². The molecule has 0 aliphatic carbocycles. The minimum Gasteiger partial charge on any atom is -0.365 e. The Morgan fingerprint density at radius 1 is 1.42 bits per heavy atom. The summed E-state index contributed by atoms with van der Waals surface area (Å²) in [6.07, 6.45) is 1.49. The Morgan fingerprint density at radius 2 is 2.11 bits per heavy atom. The van der Waals surface area contributed by atoms with E-state index in [1.807, 2.05) is 12.1 Å². The fourth-order valence-corrected chi connectivity index (χ4v) is 2.57. The Labute approximate surface area is 114 Å². The van der Waals surface area contributed by atoms with Crippen LogP contribution in [0, 0.1) is 17.1 Å². The molecule has 0 saturated carbocycles. The molecular weight excluding hydrogens is 241 g/mol. The molecule has 0 amide bonds. The molecule has 0 bridgehead atoms. The van der Waals surface area contributed by atoms with Crippen LogP contribution in [0.15, 0.2) is 24.3 Å². The number of nitrogens with zero attached hydrogens (tertiary/aromatic N) is 2. The van der Waals surface area contributed by atoms with Gasteiger partial charge in [-0.05, 0) is 51.1 Å². The van der Waals surface area contributed by atoms with Crippen LogP contribution in [0.1, 0.15) is 26.7 Å². The molecule has 3 nitrogen and oxygen atoms in total. The maximum atomic E-state index is 13.1. The number of benzene rings is 1. The quantitative estimate of drug-likeness (QED) is 0.889. The van der Waals surface area contributed by atoms with Gasteiger partial charge in [0.05, 0.1) is 12.5 Å². The number of anilines is 1. The van der Waals surface area contributed by atoms with Gasteiger partial charge in [-0.2, -0.15) is 5.26 Å². The highest BCUT2D eigenvalue weighted by Crippen LogP contribution is 2.28. The molecule has 1 atom stereocenters. The molecule has 4 heteroatoms. The summed E-state index contributed by atoms with van der Waals surface area (Å²) >= 11 is 0. The van der Waals surface area contributed by atoms with Crippen LogP contribution in [0.4, 0.5) is 10.1 Å². The molecule has 19 heavy (non-hydrogen) atoms. The van der Waals surface area contributed by atoms with Crippen molar-refractivity contribution in [2.24, 2.45) is 0 Å². The van der Waals surface area contributed by atoms with E-state index in [4.69, 9.17) is 5.26 Å². The third-order valence-corrected chi connectivity index (χ3v) is 3.78. The zero-order valence-electron chi connectivity index (χ0n) is 11.5. The Hall–Kier alpha value is -1.60. The largest absolute Gasteiger partial charge is 0.365 e. The van der Waals surface area contributed by atoms with Crippen LogP contribution < -0.4 is 10.2 Å².